The van der Waals surface area contributed by atoms with Crippen molar-refractivity contribution in [2.75, 3.05) is 13.2 Å². The van der Waals surface area contributed by atoms with Crippen molar-refractivity contribution in [2.24, 2.45) is 0 Å². The fraction of sp³-hybridized carbons (Fsp3) is 0.355. The number of amides is 2. The quantitative estimate of drug-likeness (QED) is 0.342. The summed E-state index contributed by atoms with van der Waals surface area (Å²) in [7, 11) is 0. The number of nitrogens with one attached hydrogen (secondary N) is 1. The van der Waals surface area contributed by atoms with E-state index in [-0.39, 0.29) is 18.4 Å². The van der Waals surface area contributed by atoms with E-state index in [1.807, 2.05) is 93.6 Å². The average Bonchev–Trinajstić information content (AvgIpc) is 2.88. The molecule has 0 aromatic heterocycles. The minimum absolute atomic E-state index is 0.137. The number of hydrogen-bond acceptors (Lipinski definition) is 3. The molecule has 3 rings (SSSR count). The molecule has 0 saturated carbocycles. The van der Waals surface area contributed by atoms with Gasteiger partial charge in [0.05, 0.1) is 0 Å². The van der Waals surface area contributed by atoms with Crippen LogP contribution in [0.3, 0.4) is 0 Å². The molecule has 190 valence electrons. The van der Waals surface area contributed by atoms with E-state index in [4.69, 9.17) is 4.74 Å². The van der Waals surface area contributed by atoms with Gasteiger partial charge in [-0.2, -0.15) is 0 Å². The van der Waals surface area contributed by atoms with Gasteiger partial charge in [-0.25, -0.2) is 0 Å². The Morgan fingerprint density at radius 2 is 1.61 bits per heavy atom. The molecule has 5 nitrogen and oxygen atoms in total. The third kappa shape index (κ3) is 7.98. The maximum atomic E-state index is 13.6. The first-order valence-electron chi connectivity index (χ1n) is 12.7. The second-order valence-electron chi connectivity index (χ2n) is 9.39. The van der Waals surface area contributed by atoms with Gasteiger partial charge in [0.25, 0.3) is 5.91 Å². The molecule has 2 amide bonds. The van der Waals surface area contributed by atoms with E-state index in [1.165, 1.54) is 5.56 Å². The van der Waals surface area contributed by atoms with Crippen molar-refractivity contribution < 1.29 is 14.3 Å². The molecule has 3 aromatic carbocycles. The van der Waals surface area contributed by atoms with Gasteiger partial charge in [-0.3, -0.25) is 9.59 Å². The fourth-order valence-corrected chi connectivity index (χ4v) is 3.98. The number of nitrogens with zero attached hydrogens (tertiary/aromatic N) is 1. The molecule has 0 aliphatic carbocycles. The van der Waals surface area contributed by atoms with Crippen LogP contribution in [0.25, 0.3) is 0 Å². The van der Waals surface area contributed by atoms with Crippen LogP contribution in [-0.4, -0.2) is 35.9 Å². The molecule has 3 aromatic rings. The van der Waals surface area contributed by atoms with E-state index in [1.54, 1.807) is 4.90 Å². The van der Waals surface area contributed by atoms with Crippen molar-refractivity contribution in [3.05, 3.63) is 101 Å². The number of unbranched alkanes of at least 4 members (excludes halogenated alkanes) is 1. The third-order valence-electron chi connectivity index (χ3n) is 6.41. The third-order valence-corrected chi connectivity index (χ3v) is 6.41. The zero-order chi connectivity index (χ0) is 25.9. The summed E-state index contributed by atoms with van der Waals surface area (Å²) in [6.07, 6.45) is 2.31. The molecule has 0 fully saturated rings. The van der Waals surface area contributed by atoms with Crippen LogP contribution in [0.15, 0.2) is 72.8 Å². The van der Waals surface area contributed by atoms with E-state index in [0.717, 1.165) is 35.1 Å². The van der Waals surface area contributed by atoms with Crippen LogP contribution in [0.2, 0.25) is 0 Å². The first-order chi connectivity index (χ1) is 17.4. The van der Waals surface area contributed by atoms with Gasteiger partial charge in [0.15, 0.2) is 6.61 Å². The highest BCUT2D eigenvalue weighted by atomic mass is 16.5. The van der Waals surface area contributed by atoms with Gasteiger partial charge in [0.2, 0.25) is 5.91 Å². The number of hydrogen-bond donors (Lipinski definition) is 1. The maximum Gasteiger partial charge on any atom is 0.261 e. The van der Waals surface area contributed by atoms with Crippen molar-refractivity contribution in [1.82, 2.24) is 10.2 Å². The highest BCUT2D eigenvalue weighted by Crippen LogP contribution is 2.19. The summed E-state index contributed by atoms with van der Waals surface area (Å²) in [5, 5.41) is 3.05. The van der Waals surface area contributed by atoms with E-state index in [0.29, 0.717) is 25.3 Å². The van der Waals surface area contributed by atoms with E-state index in [9.17, 15) is 9.59 Å². The monoisotopic (exact) mass is 486 g/mol. The highest BCUT2D eigenvalue weighted by molar-refractivity contribution is 5.88. The summed E-state index contributed by atoms with van der Waals surface area (Å²) >= 11 is 0. The van der Waals surface area contributed by atoms with Crippen LogP contribution in [0.1, 0.15) is 47.6 Å². The minimum Gasteiger partial charge on any atom is -0.484 e. The number of carbonyl (C=O) groups is 2. The molecule has 0 radical (unpaired) electrons. The van der Waals surface area contributed by atoms with Gasteiger partial charge in [-0.05, 0) is 61.6 Å². The Kier molecular flexibility index (Phi) is 10.1. The molecule has 0 spiro atoms. The van der Waals surface area contributed by atoms with Crippen LogP contribution in [0.4, 0.5) is 0 Å². The average molecular weight is 487 g/mol. The van der Waals surface area contributed by atoms with E-state index in [2.05, 4.69) is 12.2 Å². The molecule has 0 saturated heterocycles. The van der Waals surface area contributed by atoms with Crippen molar-refractivity contribution >= 4 is 11.8 Å². The Balaban J connectivity index is 1.88. The summed E-state index contributed by atoms with van der Waals surface area (Å²) in [6, 6.07) is 23.1. The number of benzene rings is 3. The van der Waals surface area contributed by atoms with E-state index >= 15 is 0 Å². The molecule has 0 unspecified atom stereocenters. The summed E-state index contributed by atoms with van der Waals surface area (Å²) < 4.78 is 5.90. The lowest BCUT2D eigenvalue weighted by atomic mass is 10.0. The van der Waals surface area contributed by atoms with Gasteiger partial charge in [0.1, 0.15) is 11.8 Å². The van der Waals surface area contributed by atoms with Crippen LogP contribution in [0, 0.1) is 20.8 Å². The standard InChI is InChI=1S/C31H38N2O3/c1-5-6-18-32-31(35)29(20-26-10-8-7-9-11-26)33(21-27-15-12-23(2)13-16-27)30(34)22-36-28-17-14-24(3)25(4)19-28/h7-17,19,29H,5-6,18,20-22H2,1-4H3,(H,32,35)/t29-/m1/s1. The minimum atomic E-state index is -0.651. The number of aryl methyl sites for hydroxylation is 3. The molecule has 1 atom stereocenters. The Labute approximate surface area is 215 Å². The number of carbonyl (C=O) groups excluding carboxylic acids is 2. The lowest BCUT2D eigenvalue weighted by Crippen LogP contribution is -2.51. The molecule has 1 N–H and O–H groups in total. The number of ether oxygens (including phenoxy) is 1. The molecule has 0 bridgehead atoms. The molecule has 5 heteroatoms. The molecule has 36 heavy (non-hydrogen) atoms. The predicted octanol–water partition coefficient (Wildman–Crippen LogP) is 5.55. The van der Waals surface area contributed by atoms with Crippen molar-refractivity contribution in [2.45, 2.75) is 59.5 Å². The molecule has 0 aliphatic rings. The Morgan fingerprint density at radius 1 is 0.889 bits per heavy atom. The normalized spacial score (nSPS) is 11.6. The topological polar surface area (TPSA) is 58.6 Å². The van der Waals surface area contributed by atoms with Crippen molar-refractivity contribution in [3.8, 4) is 5.75 Å². The van der Waals surface area contributed by atoms with Crippen molar-refractivity contribution in [1.29, 1.82) is 0 Å². The Bertz CT molecular complexity index is 1130. The van der Waals surface area contributed by atoms with Gasteiger partial charge < -0.3 is 15.0 Å². The largest absolute Gasteiger partial charge is 0.484 e. The Hall–Kier alpha value is -3.60. The van der Waals surface area contributed by atoms with Gasteiger partial charge in [0, 0.05) is 19.5 Å². The molecule has 0 aliphatic heterocycles. The second kappa shape index (κ2) is 13.5. The first kappa shape index (κ1) is 27.0. The fourth-order valence-electron chi connectivity index (χ4n) is 3.98. The summed E-state index contributed by atoms with van der Waals surface area (Å²) in [4.78, 5) is 28.7. The predicted molar refractivity (Wildman–Crippen MR) is 145 cm³/mol. The highest BCUT2D eigenvalue weighted by Gasteiger charge is 2.30. The summed E-state index contributed by atoms with van der Waals surface area (Å²) in [5.74, 6) is 0.285. The van der Waals surface area contributed by atoms with Gasteiger partial charge in [-0.1, -0.05) is 79.6 Å². The summed E-state index contributed by atoms with van der Waals surface area (Å²) in [5.41, 5.74) is 5.40. The van der Waals surface area contributed by atoms with Crippen LogP contribution in [0.5, 0.6) is 5.75 Å². The maximum absolute atomic E-state index is 13.6. The van der Waals surface area contributed by atoms with Gasteiger partial charge >= 0.3 is 0 Å². The first-order valence-corrected chi connectivity index (χ1v) is 12.7. The lowest BCUT2D eigenvalue weighted by Gasteiger charge is -2.31. The molecular formula is C31H38N2O3. The van der Waals surface area contributed by atoms with Crippen molar-refractivity contribution in [3.63, 3.8) is 0 Å². The van der Waals surface area contributed by atoms with Crippen LogP contribution >= 0.6 is 0 Å². The second-order valence-corrected chi connectivity index (χ2v) is 9.39. The lowest BCUT2D eigenvalue weighted by molar-refractivity contribution is -0.142. The number of rotatable bonds is 12. The summed E-state index contributed by atoms with van der Waals surface area (Å²) in [6.45, 7) is 8.96. The smallest absolute Gasteiger partial charge is 0.261 e. The van der Waals surface area contributed by atoms with Crippen LogP contribution < -0.4 is 10.1 Å². The Morgan fingerprint density at radius 3 is 2.28 bits per heavy atom. The molecular weight excluding hydrogens is 448 g/mol. The zero-order valence-corrected chi connectivity index (χ0v) is 21.9. The SMILES string of the molecule is CCCCNC(=O)[C@@H](Cc1ccccc1)N(Cc1ccc(C)cc1)C(=O)COc1ccc(C)c(C)c1. The van der Waals surface area contributed by atoms with E-state index < -0.39 is 6.04 Å². The zero-order valence-electron chi connectivity index (χ0n) is 21.9. The van der Waals surface area contributed by atoms with Gasteiger partial charge in [-0.15, -0.1) is 0 Å². The molecule has 0 heterocycles. The van der Waals surface area contributed by atoms with Crippen LogP contribution in [-0.2, 0) is 22.6 Å².